The van der Waals surface area contributed by atoms with Crippen molar-refractivity contribution in [2.24, 2.45) is 12.0 Å². The van der Waals surface area contributed by atoms with Gasteiger partial charge in [-0.05, 0) is 32.1 Å². The zero-order valence-corrected chi connectivity index (χ0v) is 19.8. The number of halogens is 4. The third kappa shape index (κ3) is 6.98. The molecule has 1 unspecified atom stereocenters. The number of aryl methyl sites for hydroxylation is 1. The highest BCUT2D eigenvalue weighted by atomic mass is 127. The largest absolute Gasteiger partial charge is 0.435 e. The molecule has 0 aliphatic carbocycles. The number of nitrogens with one attached hydrogen (secondary N) is 1. The lowest BCUT2D eigenvalue weighted by Gasteiger charge is -2.35. The Morgan fingerprint density at radius 2 is 2.03 bits per heavy atom. The van der Waals surface area contributed by atoms with Crippen molar-refractivity contribution < 1.29 is 22.6 Å². The number of hydrogen-bond donors (Lipinski definition) is 1. The molecular formula is C19H31F3IN5O2. The average Bonchev–Trinajstić information content (AvgIpc) is 3.10. The summed E-state index contributed by atoms with van der Waals surface area (Å²) in [7, 11) is 3.12. The van der Waals surface area contributed by atoms with Crippen LogP contribution in [0.5, 0.6) is 0 Å². The van der Waals surface area contributed by atoms with E-state index in [-0.39, 0.29) is 48.3 Å². The van der Waals surface area contributed by atoms with Crippen LogP contribution < -0.4 is 5.32 Å². The highest BCUT2D eigenvalue weighted by Crippen LogP contribution is 2.30. The number of guanidine groups is 1. The van der Waals surface area contributed by atoms with E-state index in [0.717, 1.165) is 45.4 Å². The molecule has 0 spiro atoms. The molecule has 2 aliphatic rings. The SMILES string of the molecule is CN=C(NCc1cn(C)nc1C(F)(F)F)N1CCC(OCC2CCCCO2)CC1.I. The van der Waals surface area contributed by atoms with Crippen molar-refractivity contribution >= 4 is 29.9 Å². The maximum absolute atomic E-state index is 13.1. The molecule has 3 rings (SSSR count). The van der Waals surface area contributed by atoms with Crippen LogP contribution in [0.4, 0.5) is 13.2 Å². The number of piperidine rings is 1. The van der Waals surface area contributed by atoms with E-state index in [1.165, 1.54) is 24.3 Å². The zero-order chi connectivity index (χ0) is 20.9. The molecule has 1 aromatic heterocycles. The van der Waals surface area contributed by atoms with E-state index in [9.17, 15) is 13.2 Å². The molecule has 2 saturated heterocycles. The summed E-state index contributed by atoms with van der Waals surface area (Å²) in [6.07, 6.45) is 2.40. The molecule has 11 heteroatoms. The first kappa shape index (κ1) is 25.2. The van der Waals surface area contributed by atoms with Gasteiger partial charge >= 0.3 is 6.18 Å². The number of alkyl halides is 3. The first-order valence-electron chi connectivity index (χ1n) is 10.2. The van der Waals surface area contributed by atoms with Crippen molar-refractivity contribution in [2.75, 3.05) is 33.4 Å². The maximum atomic E-state index is 13.1. The Morgan fingerprint density at radius 1 is 1.30 bits per heavy atom. The Morgan fingerprint density at radius 3 is 2.63 bits per heavy atom. The number of rotatable bonds is 5. The van der Waals surface area contributed by atoms with E-state index in [2.05, 4.69) is 20.3 Å². The molecule has 0 amide bonds. The summed E-state index contributed by atoms with van der Waals surface area (Å²) in [4.78, 5) is 6.29. The van der Waals surface area contributed by atoms with Gasteiger partial charge in [-0.2, -0.15) is 18.3 Å². The second-order valence-corrected chi connectivity index (χ2v) is 7.58. The van der Waals surface area contributed by atoms with Crippen LogP contribution in [-0.4, -0.2) is 66.2 Å². The summed E-state index contributed by atoms with van der Waals surface area (Å²) < 4.78 is 52.2. The van der Waals surface area contributed by atoms with Gasteiger partial charge in [0, 0.05) is 52.1 Å². The molecular weight excluding hydrogens is 514 g/mol. The summed E-state index contributed by atoms with van der Waals surface area (Å²) in [5.41, 5.74) is -0.758. The molecule has 0 radical (unpaired) electrons. The van der Waals surface area contributed by atoms with Crippen molar-refractivity contribution in [3.05, 3.63) is 17.5 Å². The summed E-state index contributed by atoms with van der Waals surface area (Å²) in [6, 6.07) is 0. The fraction of sp³-hybridized carbons (Fsp3) is 0.789. The summed E-state index contributed by atoms with van der Waals surface area (Å²) in [5, 5.41) is 6.58. The van der Waals surface area contributed by atoms with Crippen LogP contribution >= 0.6 is 24.0 Å². The van der Waals surface area contributed by atoms with E-state index < -0.39 is 11.9 Å². The zero-order valence-electron chi connectivity index (χ0n) is 17.5. The van der Waals surface area contributed by atoms with Gasteiger partial charge in [0.15, 0.2) is 11.7 Å². The Kier molecular flexibility index (Phi) is 9.67. The van der Waals surface area contributed by atoms with Gasteiger partial charge in [0.2, 0.25) is 0 Å². The van der Waals surface area contributed by atoms with Crippen molar-refractivity contribution in [3.63, 3.8) is 0 Å². The van der Waals surface area contributed by atoms with Gasteiger partial charge in [-0.1, -0.05) is 0 Å². The van der Waals surface area contributed by atoms with E-state index >= 15 is 0 Å². The molecule has 1 atom stereocenters. The second-order valence-electron chi connectivity index (χ2n) is 7.58. The third-order valence-corrected chi connectivity index (χ3v) is 5.36. The fourth-order valence-electron chi connectivity index (χ4n) is 3.83. The number of nitrogens with zero attached hydrogens (tertiary/aromatic N) is 4. The molecule has 3 heterocycles. The van der Waals surface area contributed by atoms with Crippen LogP contribution in [0.1, 0.15) is 43.4 Å². The molecule has 172 valence electrons. The van der Waals surface area contributed by atoms with Crippen molar-refractivity contribution in [2.45, 2.75) is 57.0 Å². The molecule has 0 bridgehead atoms. The number of hydrogen-bond acceptors (Lipinski definition) is 4. The topological polar surface area (TPSA) is 63.9 Å². The molecule has 30 heavy (non-hydrogen) atoms. The Hall–Kier alpha value is -1.08. The normalized spacial score (nSPS) is 21.4. The minimum atomic E-state index is -4.47. The number of ether oxygens (including phenoxy) is 2. The van der Waals surface area contributed by atoms with Crippen molar-refractivity contribution in [1.29, 1.82) is 0 Å². The average molecular weight is 545 g/mol. The van der Waals surface area contributed by atoms with Crippen LogP contribution in [0.3, 0.4) is 0 Å². The van der Waals surface area contributed by atoms with Crippen LogP contribution in [0.25, 0.3) is 0 Å². The lowest BCUT2D eigenvalue weighted by Crippen LogP contribution is -2.47. The van der Waals surface area contributed by atoms with E-state index in [1.54, 1.807) is 7.05 Å². The van der Waals surface area contributed by atoms with Crippen LogP contribution in [0.2, 0.25) is 0 Å². The van der Waals surface area contributed by atoms with Crippen LogP contribution in [0, 0.1) is 0 Å². The monoisotopic (exact) mass is 545 g/mol. The molecule has 2 aliphatic heterocycles. The minimum absolute atomic E-state index is 0. The molecule has 0 aromatic carbocycles. The summed E-state index contributed by atoms with van der Waals surface area (Å²) >= 11 is 0. The van der Waals surface area contributed by atoms with E-state index in [0.29, 0.717) is 12.6 Å². The lowest BCUT2D eigenvalue weighted by atomic mass is 10.1. The van der Waals surface area contributed by atoms with Gasteiger partial charge < -0.3 is 19.7 Å². The Labute approximate surface area is 192 Å². The predicted molar refractivity (Wildman–Crippen MR) is 118 cm³/mol. The number of aromatic nitrogens is 2. The van der Waals surface area contributed by atoms with Crippen molar-refractivity contribution in [1.82, 2.24) is 20.0 Å². The molecule has 1 N–H and O–H groups in total. The van der Waals surface area contributed by atoms with E-state index in [4.69, 9.17) is 9.47 Å². The first-order valence-corrected chi connectivity index (χ1v) is 10.2. The quantitative estimate of drug-likeness (QED) is 0.350. The standard InChI is InChI=1S/C19H30F3N5O2.HI/c1-23-18(24-11-14-12-26(2)25-17(14)19(20,21)22)27-8-6-15(7-9-27)29-13-16-5-3-4-10-28-16;/h12,15-16H,3-11,13H2,1-2H3,(H,23,24);1H. The number of aliphatic imine (C=N–C) groups is 1. The van der Waals surface area contributed by atoms with Gasteiger partial charge in [0.05, 0.1) is 18.8 Å². The van der Waals surface area contributed by atoms with Gasteiger partial charge in [-0.3, -0.25) is 9.67 Å². The molecule has 7 nitrogen and oxygen atoms in total. The van der Waals surface area contributed by atoms with Gasteiger partial charge in [-0.25, -0.2) is 0 Å². The fourth-order valence-corrected chi connectivity index (χ4v) is 3.83. The lowest BCUT2D eigenvalue weighted by molar-refractivity contribution is -0.142. The highest BCUT2D eigenvalue weighted by molar-refractivity contribution is 14.0. The predicted octanol–water partition coefficient (Wildman–Crippen LogP) is 3.18. The molecule has 0 saturated carbocycles. The smallest absolute Gasteiger partial charge is 0.376 e. The van der Waals surface area contributed by atoms with E-state index in [1.807, 2.05) is 0 Å². The van der Waals surface area contributed by atoms with Gasteiger partial charge in [0.25, 0.3) is 0 Å². The summed E-state index contributed by atoms with van der Waals surface area (Å²) in [5.74, 6) is 0.594. The minimum Gasteiger partial charge on any atom is -0.376 e. The van der Waals surface area contributed by atoms with Crippen LogP contribution in [-0.2, 0) is 29.2 Å². The van der Waals surface area contributed by atoms with Gasteiger partial charge in [0.1, 0.15) is 0 Å². The highest BCUT2D eigenvalue weighted by Gasteiger charge is 2.37. The van der Waals surface area contributed by atoms with Crippen LogP contribution in [0.15, 0.2) is 11.2 Å². The Bertz CT molecular complexity index is 684. The van der Waals surface area contributed by atoms with Gasteiger partial charge in [-0.15, -0.1) is 24.0 Å². The molecule has 1 aromatic rings. The summed E-state index contributed by atoms with van der Waals surface area (Å²) in [6.45, 7) is 2.97. The Balaban J connectivity index is 0.00000320. The number of likely N-dealkylation sites (tertiary alicyclic amines) is 1. The maximum Gasteiger partial charge on any atom is 0.435 e. The van der Waals surface area contributed by atoms with Crippen molar-refractivity contribution in [3.8, 4) is 0 Å². The second kappa shape index (κ2) is 11.5. The first-order chi connectivity index (χ1) is 13.9. The third-order valence-electron chi connectivity index (χ3n) is 5.36. The molecule has 2 fully saturated rings.